The Balaban J connectivity index is 3.13. The molecule has 19 heavy (non-hydrogen) atoms. The summed E-state index contributed by atoms with van der Waals surface area (Å²) in [4.78, 5) is 18.7. The van der Waals surface area contributed by atoms with Gasteiger partial charge < -0.3 is 14.2 Å². The largest absolute Gasteiger partial charge is 0.383 e. The highest BCUT2D eigenvalue weighted by atomic mass is 79.9. The number of rotatable bonds is 6. The van der Waals surface area contributed by atoms with Gasteiger partial charge in [0.25, 0.3) is 5.56 Å². The van der Waals surface area contributed by atoms with Crippen molar-refractivity contribution in [2.24, 2.45) is 0 Å². The van der Waals surface area contributed by atoms with E-state index in [9.17, 15) is 4.79 Å². The van der Waals surface area contributed by atoms with E-state index in [2.05, 4.69) is 20.9 Å². The van der Waals surface area contributed by atoms with E-state index in [0.717, 1.165) is 11.9 Å². The van der Waals surface area contributed by atoms with Gasteiger partial charge in [-0.3, -0.25) is 4.79 Å². The van der Waals surface area contributed by atoms with Gasteiger partial charge in [-0.15, -0.1) is 0 Å². The molecule has 0 atom stereocenters. The molecule has 0 spiro atoms. The summed E-state index contributed by atoms with van der Waals surface area (Å²) in [6.07, 6.45) is 3.41. The van der Waals surface area contributed by atoms with Crippen LogP contribution in [0.3, 0.4) is 0 Å². The Hall–Kier alpha value is -0.880. The van der Waals surface area contributed by atoms with Crippen molar-refractivity contribution >= 4 is 21.7 Å². The van der Waals surface area contributed by atoms with Crippen molar-refractivity contribution in [1.82, 2.24) is 9.55 Å². The molecule has 6 heteroatoms. The summed E-state index contributed by atoms with van der Waals surface area (Å²) in [5, 5.41) is 0.780. The van der Waals surface area contributed by atoms with Crippen molar-refractivity contribution in [3.8, 4) is 0 Å². The van der Waals surface area contributed by atoms with Crippen molar-refractivity contribution in [1.29, 1.82) is 0 Å². The number of nitrogens with zero attached hydrogens (tertiary/aromatic N) is 3. The topological polar surface area (TPSA) is 47.4 Å². The summed E-state index contributed by atoms with van der Waals surface area (Å²) in [6.45, 7) is 7.95. The van der Waals surface area contributed by atoms with E-state index in [4.69, 9.17) is 4.74 Å². The lowest BCUT2D eigenvalue weighted by Crippen LogP contribution is -2.40. The van der Waals surface area contributed by atoms with Gasteiger partial charge >= 0.3 is 0 Å². The second kappa shape index (κ2) is 7.05. The van der Waals surface area contributed by atoms with Gasteiger partial charge in [0.15, 0.2) is 5.82 Å². The van der Waals surface area contributed by atoms with Gasteiger partial charge in [0.1, 0.15) is 0 Å². The number of aromatic nitrogens is 2. The molecule has 1 heterocycles. The van der Waals surface area contributed by atoms with E-state index < -0.39 is 0 Å². The minimum absolute atomic E-state index is 0.0629. The van der Waals surface area contributed by atoms with Crippen LogP contribution < -0.4 is 10.5 Å². The van der Waals surface area contributed by atoms with Crippen LogP contribution in [0.2, 0.25) is 0 Å². The minimum atomic E-state index is -0.254. The molecule has 0 radical (unpaired) electrons. The quantitative estimate of drug-likeness (QED) is 0.746. The van der Waals surface area contributed by atoms with Gasteiger partial charge in [0.2, 0.25) is 0 Å². The van der Waals surface area contributed by atoms with Crippen LogP contribution in [-0.2, 0) is 10.3 Å². The van der Waals surface area contributed by atoms with E-state index in [1.807, 2.05) is 25.7 Å². The van der Waals surface area contributed by atoms with Crippen LogP contribution in [0.4, 0.5) is 5.82 Å². The van der Waals surface area contributed by atoms with Crippen molar-refractivity contribution in [2.75, 3.05) is 37.0 Å². The van der Waals surface area contributed by atoms with E-state index >= 15 is 0 Å². The van der Waals surface area contributed by atoms with E-state index in [1.54, 1.807) is 24.1 Å². The molecule has 0 amide bonds. The van der Waals surface area contributed by atoms with Crippen LogP contribution in [-0.4, -0.2) is 41.7 Å². The fraction of sp³-hybridized carbons (Fsp3) is 0.692. The van der Waals surface area contributed by atoms with E-state index in [1.165, 1.54) is 0 Å². The van der Waals surface area contributed by atoms with Gasteiger partial charge in [-0.2, -0.15) is 0 Å². The zero-order valence-corrected chi connectivity index (χ0v) is 13.6. The molecule has 0 unspecified atom stereocenters. The number of ether oxygens (including phenoxy) is 1. The number of hydrogen-bond donors (Lipinski definition) is 0. The molecule has 0 aliphatic rings. The predicted molar refractivity (Wildman–Crippen MR) is 81.4 cm³/mol. The van der Waals surface area contributed by atoms with Gasteiger partial charge in [0, 0.05) is 43.5 Å². The molecule has 0 saturated heterocycles. The summed E-state index contributed by atoms with van der Waals surface area (Å²) >= 11 is 3.40. The molecule has 0 saturated carbocycles. The zero-order chi connectivity index (χ0) is 14.5. The van der Waals surface area contributed by atoms with Crippen LogP contribution >= 0.6 is 15.9 Å². The van der Waals surface area contributed by atoms with Crippen LogP contribution in [0.5, 0.6) is 0 Å². The molecule has 1 rings (SSSR count). The fourth-order valence-electron chi connectivity index (χ4n) is 1.77. The Bertz CT molecular complexity index is 454. The van der Waals surface area contributed by atoms with Crippen LogP contribution in [0.25, 0.3) is 0 Å². The Labute approximate surface area is 122 Å². The number of hydrogen-bond acceptors (Lipinski definition) is 4. The maximum atomic E-state index is 12.5. The fourth-order valence-corrected chi connectivity index (χ4v) is 2.20. The van der Waals surface area contributed by atoms with Crippen LogP contribution in [0, 0.1) is 0 Å². The Morgan fingerprint density at radius 2 is 2.11 bits per heavy atom. The molecule has 108 valence electrons. The first-order valence-corrected chi connectivity index (χ1v) is 7.42. The molecule has 0 aliphatic carbocycles. The molecule has 0 fully saturated rings. The summed E-state index contributed by atoms with van der Waals surface area (Å²) in [6, 6.07) is 0. The summed E-state index contributed by atoms with van der Waals surface area (Å²) in [5.41, 5.74) is -0.317. The standard InChI is InChI=1S/C13H22BrN3O2/c1-13(2,3)17-8-6-15-11(12(17)18)16(7-5-14)9-10-19-4/h6,8H,5,7,9-10H2,1-4H3. The highest BCUT2D eigenvalue weighted by Crippen LogP contribution is 2.12. The Kier molecular flexibility index (Phi) is 6.00. The maximum absolute atomic E-state index is 12.5. The van der Waals surface area contributed by atoms with E-state index in [-0.39, 0.29) is 11.1 Å². The summed E-state index contributed by atoms with van der Waals surface area (Å²) in [5.74, 6) is 0.480. The van der Waals surface area contributed by atoms with E-state index in [0.29, 0.717) is 19.0 Å². The third-order valence-corrected chi connectivity index (χ3v) is 3.12. The van der Waals surface area contributed by atoms with Gasteiger partial charge in [-0.1, -0.05) is 15.9 Å². The van der Waals surface area contributed by atoms with Gasteiger partial charge in [0.05, 0.1) is 6.61 Å². The van der Waals surface area contributed by atoms with Crippen molar-refractivity contribution in [2.45, 2.75) is 26.3 Å². The molecule has 0 aromatic carbocycles. The van der Waals surface area contributed by atoms with Crippen LogP contribution in [0.1, 0.15) is 20.8 Å². The first-order chi connectivity index (χ1) is 8.91. The van der Waals surface area contributed by atoms with Crippen molar-refractivity contribution < 1.29 is 4.74 Å². The lowest BCUT2D eigenvalue weighted by molar-refractivity contribution is 0.205. The Morgan fingerprint density at radius 3 is 2.63 bits per heavy atom. The third kappa shape index (κ3) is 4.31. The second-order valence-electron chi connectivity index (χ2n) is 5.27. The lowest BCUT2D eigenvalue weighted by Gasteiger charge is -2.26. The molecule has 0 N–H and O–H groups in total. The highest BCUT2D eigenvalue weighted by Gasteiger charge is 2.19. The molecule has 1 aromatic rings. The Morgan fingerprint density at radius 1 is 1.42 bits per heavy atom. The molecule has 5 nitrogen and oxygen atoms in total. The molecular weight excluding hydrogens is 310 g/mol. The zero-order valence-electron chi connectivity index (χ0n) is 12.0. The summed E-state index contributed by atoms with van der Waals surface area (Å²) in [7, 11) is 1.65. The second-order valence-corrected chi connectivity index (χ2v) is 6.06. The van der Waals surface area contributed by atoms with Gasteiger partial charge in [-0.05, 0) is 20.8 Å². The maximum Gasteiger partial charge on any atom is 0.293 e. The van der Waals surface area contributed by atoms with Crippen LogP contribution in [0.15, 0.2) is 17.2 Å². The molecule has 1 aromatic heterocycles. The van der Waals surface area contributed by atoms with Crippen molar-refractivity contribution in [3.05, 3.63) is 22.7 Å². The van der Waals surface area contributed by atoms with Crippen molar-refractivity contribution in [3.63, 3.8) is 0 Å². The molecule has 0 aliphatic heterocycles. The normalized spacial score (nSPS) is 11.6. The average molecular weight is 332 g/mol. The number of methoxy groups -OCH3 is 1. The molecule has 0 bridgehead atoms. The first kappa shape index (κ1) is 16.2. The smallest absolute Gasteiger partial charge is 0.293 e. The monoisotopic (exact) mass is 331 g/mol. The van der Waals surface area contributed by atoms with Gasteiger partial charge in [-0.25, -0.2) is 4.98 Å². The summed E-state index contributed by atoms with van der Waals surface area (Å²) < 4.78 is 6.80. The highest BCUT2D eigenvalue weighted by molar-refractivity contribution is 9.09. The third-order valence-electron chi connectivity index (χ3n) is 2.76. The minimum Gasteiger partial charge on any atom is -0.383 e. The predicted octanol–water partition coefficient (Wildman–Crippen LogP) is 1.85. The SMILES string of the molecule is COCCN(CCBr)c1nccn(C(C)(C)C)c1=O. The number of halogens is 1. The number of alkyl halides is 1. The molecular formula is C13H22BrN3O2. The number of anilines is 1. The lowest BCUT2D eigenvalue weighted by atomic mass is 10.1. The average Bonchev–Trinajstić information content (AvgIpc) is 2.33. The first-order valence-electron chi connectivity index (χ1n) is 6.29.